The third-order valence-corrected chi connectivity index (χ3v) is 9.22. The van der Waals surface area contributed by atoms with Crippen LogP contribution in [0.15, 0.2) is 78.5 Å². The first-order chi connectivity index (χ1) is 22.2. The van der Waals surface area contributed by atoms with Gasteiger partial charge in [-0.1, -0.05) is 81.8 Å². The summed E-state index contributed by atoms with van der Waals surface area (Å²) in [6.45, 7) is 20.8. The Balaban J connectivity index is 0.00000142. The maximum atomic E-state index is 12.2. The molecule has 0 spiro atoms. The monoisotopic (exact) mass is 660 g/mol. The largest absolute Gasteiger partial charge is 0.425 e. The Morgan fingerprint density at radius 2 is 1.64 bits per heavy atom. The van der Waals surface area contributed by atoms with Gasteiger partial charge in [-0.15, -0.1) is 12.6 Å². The third kappa shape index (κ3) is 9.63. The molecular formula is C39H54N3O4S+. The fourth-order valence-corrected chi connectivity index (χ4v) is 6.69. The molecule has 0 aliphatic carbocycles. The minimum Gasteiger partial charge on any atom is -0.356 e. The number of rotatable bonds is 13. The Kier molecular flexibility index (Phi) is 13.5. The van der Waals surface area contributed by atoms with Crippen LogP contribution >= 0.6 is 0 Å². The molecule has 2 aromatic carbocycles. The average molecular weight is 661 g/mol. The summed E-state index contributed by atoms with van der Waals surface area (Å²) in [5, 5.41) is 3.07. The molecular weight excluding hydrogens is 607 g/mol. The van der Waals surface area contributed by atoms with Crippen LogP contribution in [0, 0.1) is 12.8 Å². The van der Waals surface area contributed by atoms with Crippen molar-refractivity contribution in [1.29, 1.82) is 0 Å². The van der Waals surface area contributed by atoms with Gasteiger partial charge in [-0.05, 0) is 70.6 Å². The number of carbonyl (C=O) groups excluding carboxylic acids is 1. The van der Waals surface area contributed by atoms with Crippen molar-refractivity contribution in [1.82, 2.24) is 5.32 Å². The van der Waals surface area contributed by atoms with E-state index in [1.54, 1.807) is 0 Å². The molecule has 4 rings (SSSR count). The molecule has 1 N–H and O–H groups in total. The molecule has 0 radical (unpaired) electrons. The summed E-state index contributed by atoms with van der Waals surface area (Å²) in [4.78, 5) is 14.6. The van der Waals surface area contributed by atoms with Gasteiger partial charge in [0.2, 0.25) is 11.6 Å². The molecule has 0 atom stereocenters. The standard InChI is InChI=1S/C39H53N3O.O3S/c1-9-41-34-24-23-30(4)28-32(34)39(7,8)35(41)20-12-10-13-21-36-38(5,6)31-18-15-16-19-33(31)42(36)27-17-11-14-22-37(43)40-26-25-29(2)3;1-4(2)3/h10,12-13,15-16,18-21,23-24,28-29H,9,11,14,17,22,25-27H2,1-8H3;/p+1. The van der Waals surface area contributed by atoms with Crippen LogP contribution in [-0.2, 0) is 26.2 Å². The van der Waals surface area contributed by atoms with Gasteiger partial charge in [0.25, 0.3) is 0 Å². The zero-order valence-electron chi connectivity index (χ0n) is 29.6. The van der Waals surface area contributed by atoms with Gasteiger partial charge in [-0.3, -0.25) is 4.79 Å². The second kappa shape index (κ2) is 16.9. The van der Waals surface area contributed by atoms with Crippen LogP contribution in [0.1, 0.15) is 97.3 Å². The van der Waals surface area contributed by atoms with E-state index >= 15 is 0 Å². The number of anilines is 1. The van der Waals surface area contributed by atoms with Crippen LogP contribution < -0.4 is 10.2 Å². The molecule has 2 heterocycles. The van der Waals surface area contributed by atoms with Gasteiger partial charge in [-0.2, -0.15) is 4.58 Å². The number of likely N-dealkylation sites (N-methyl/N-ethyl adjacent to an activating group) is 1. The van der Waals surface area contributed by atoms with E-state index in [1.807, 2.05) is 0 Å². The van der Waals surface area contributed by atoms with Crippen LogP contribution in [0.25, 0.3) is 0 Å². The van der Waals surface area contributed by atoms with Gasteiger partial charge in [0.05, 0.1) is 5.41 Å². The average Bonchev–Trinajstić information content (AvgIpc) is 3.34. The molecule has 0 fully saturated rings. The van der Waals surface area contributed by atoms with Gasteiger partial charge in [0.1, 0.15) is 6.54 Å². The van der Waals surface area contributed by atoms with Crippen LogP contribution in [0.2, 0.25) is 0 Å². The van der Waals surface area contributed by atoms with E-state index in [0.717, 1.165) is 45.3 Å². The second-order valence-corrected chi connectivity index (χ2v) is 14.3. The highest BCUT2D eigenvalue weighted by atomic mass is 32.2. The normalized spacial score (nSPS) is 17.0. The molecule has 0 bridgehead atoms. The summed E-state index contributed by atoms with van der Waals surface area (Å²) in [6, 6.07) is 15.6. The molecule has 8 heteroatoms. The molecule has 0 saturated heterocycles. The number of unbranched alkanes of at least 4 members (excludes halogenated alkanes) is 2. The first kappa shape index (κ1) is 37.7. The molecule has 0 saturated carbocycles. The second-order valence-electron chi connectivity index (χ2n) is 13.9. The van der Waals surface area contributed by atoms with Crippen molar-refractivity contribution in [2.75, 3.05) is 24.5 Å². The van der Waals surface area contributed by atoms with Crippen molar-refractivity contribution in [2.24, 2.45) is 5.92 Å². The Hall–Kier alpha value is -3.78. The summed E-state index contributed by atoms with van der Waals surface area (Å²) in [6.07, 6.45) is 15.9. The Bertz CT molecular complexity index is 1640. The number of para-hydroxylation sites is 1. The molecule has 0 aromatic heterocycles. The van der Waals surface area contributed by atoms with Gasteiger partial charge >= 0.3 is 10.6 Å². The van der Waals surface area contributed by atoms with Crippen LogP contribution in [0.3, 0.4) is 0 Å². The maximum Gasteiger partial charge on any atom is 0.425 e. The van der Waals surface area contributed by atoms with Crippen molar-refractivity contribution < 1.29 is 22.0 Å². The van der Waals surface area contributed by atoms with E-state index in [9.17, 15) is 4.79 Å². The van der Waals surface area contributed by atoms with E-state index in [2.05, 4.69) is 143 Å². The zero-order valence-corrected chi connectivity index (χ0v) is 30.4. The third-order valence-electron chi connectivity index (χ3n) is 9.22. The Labute approximate surface area is 284 Å². The highest BCUT2D eigenvalue weighted by Crippen LogP contribution is 2.47. The van der Waals surface area contributed by atoms with E-state index in [4.69, 9.17) is 12.6 Å². The number of fused-ring (bicyclic) bond motifs is 2. The fourth-order valence-electron chi connectivity index (χ4n) is 6.69. The Morgan fingerprint density at radius 3 is 2.32 bits per heavy atom. The van der Waals surface area contributed by atoms with Gasteiger partial charge < -0.3 is 10.2 Å². The molecule has 2 aliphatic heterocycles. The maximum absolute atomic E-state index is 12.2. The number of nitrogens with one attached hydrogen (secondary N) is 1. The molecule has 2 aromatic rings. The summed E-state index contributed by atoms with van der Waals surface area (Å²) >= 11 is 0. The van der Waals surface area contributed by atoms with E-state index in [0.29, 0.717) is 12.3 Å². The quantitative estimate of drug-likeness (QED) is 0.134. The lowest BCUT2D eigenvalue weighted by Crippen LogP contribution is -2.28. The van der Waals surface area contributed by atoms with Crippen molar-refractivity contribution in [2.45, 2.75) is 98.3 Å². The number of carbonyl (C=O) groups is 1. The number of allylic oxidation sites excluding steroid dienone is 6. The highest BCUT2D eigenvalue weighted by Gasteiger charge is 2.43. The van der Waals surface area contributed by atoms with E-state index in [1.165, 1.54) is 39.5 Å². The number of benzene rings is 2. The lowest BCUT2D eigenvalue weighted by molar-refractivity contribution is -0.438. The van der Waals surface area contributed by atoms with E-state index < -0.39 is 10.6 Å². The molecule has 0 unspecified atom stereocenters. The predicted molar refractivity (Wildman–Crippen MR) is 193 cm³/mol. The predicted octanol–water partition coefficient (Wildman–Crippen LogP) is 7.90. The van der Waals surface area contributed by atoms with Gasteiger partial charge in [-0.25, -0.2) is 0 Å². The lowest BCUT2D eigenvalue weighted by atomic mass is 9.81. The Morgan fingerprint density at radius 1 is 0.936 bits per heavy atom. The number of hydrogen-bond donors (Lipinski definition) is 1. The fraction of sp³-hybridized carbons (Fsp3) is 0.487. The van der Waals surface area contributed by atoms with Crippen LogP contribution in [0.5, 0.6) is 0 Å². The lowest BCUT2D eigenvalue weighted by Gasteiger charge is -2.25. The highest BCUT2D eigenvalue weighted by molar-refractivity contribution is 7.59. The number of nitrogens with zero attached hydrogens (tertiary/aromatic N) is 2. The van der Waals surface area contributed by atoms with E-state index in [-0.39, 0.29) is 16.7 Å². The summed E-state index contributed by atoms with van der Waals surface area (Å²) < 4.78 is 27.8. The summed E-state index contributed by atoms with van der Waals surface area (Å²) in [7, 11) is -3.11. The van der Waals surface area contributed by atoms with Crippen molar-refractivity contribution in [3.05, 3.63) is 95.2 Å². The minimum absolute atomic E-state index is 0.0270. The van der Waals surface area contributed by atoms with Crippen LogP contribution in [0.4, 0.5) is 11.4 Å². The molecule has 2 aliphatic rings. The zero-order chi connectivity index (χ0) is 34.8. The number of amides is 1. The topological polar surface area (TPSA) is 86.6 Å². The SMILES string of the molecule is CCN1C(=CC=CC=CC2=[N+](CCCCCC(=O)NCCC(C)C)c3ccccc3C2(C)C)C(C)(C)c2cc(C)ccc21.O=S(=O)=O. The van der Waals surface area contributed by atoms with Gasteiger partial charge in [0, 0.05) is 60.4 Å². The summed E-state index contributed by atoms with van der Waals surface area (Å²) in [5.74, 6) is 0.806. The number of aryl methyl sites for hydroxylation is 1. The molecule has 7 nitrogen and oxygen atoms in total. The first-order valence-corrected chi connectivity index (χ1v) is 17.9. The summed E-state index contributed by atoms with van der Waals surface area (Å²) in [5.41, 5.74) is 9.32. The van der Waals surface area contributed by atoms with Crippen molar-refractivity contribution >= 4 is 33.6 Å². The minimum atomic E-state index is -3.11. The molecule has 1 amide bonds. The molecule has 254 valence electrons. The number of hydrogen-bond acceptors (Lipinski definition) is 5. The van der Waals surface area contributed by atoms with Gasteiger partial charge in [0.15, 0.2) is 5.71 Å². The van der Waals surface area contributed by atoms with Crippen molar-refractivity contribution in [3.8, 4) is 0 Å². The van der Waals surface area contributed by atoms with Crippen LogP contribution in [-0.4, -0.2) is 48.5 Å². The smallest absolute Gasteiger partial charge is 0.356 e. The van der Waals surface area contributed by atoms with Crippen molar-refractivity contribution in [3.63, 3.8) is 0 Å². The molecule has 47 heavy (non-hydrogen) atoms. The first-order valence-electron chi connectivity index (χ1n) is 16.9.